The Morgan fingerprint density at radius 1 is 1.23 bits per heavy atom. The van der Waals surface area contributed by atoms with Crippen LogP contribution >= 0.6 is 0 Å². The number of fused-ring (bicyclic) bond motifs is 3. The van der Waals surface area contributed by atoms with Crippen LogP contribution in [0, 0.1) is 0 Å². The molecule has 3 rings (SSSR count). The molecule has 13 heavy (non-hydrogen) atoms. The first-order valence-electron chi connectivity index (χ1n) is 4.15. The van der Waals surface area contributed by atoms with E-state index in [9.17, 15) is 5.11 Å². The van der Waals surface area contributed by atoms with Crippen LogP contribution in [0.3, 0.4) is 0 Å². The number of benzene rings is 1. The minimum atomic E-state index is 0.329. The number of allylic oxidation sites excluding steroid dienone is 2. The normalized spacial score (nSPS) is 16.6. The van der Waals surface area contributed by atoms with Crippen molar-refractivity contribution in [3.8, 4) is 5.75 Å². The average molecular weight is 169 g/mol. The van der Waals surface area contributed by atoms with Gasteiger partial charge in [0.25, 0.3) is 0 Å². The van der Waals surface area contributed by atoms with Crippen molar-refractivity contribution in [2.45, 2.75) is 0 Å². The van der Waals surface area contributed by atoms with Gasteiger partial charge in [-0.25, -0.2) is 0 Å². The van der Waals surface area contributed by atoms with E-state index < -0.39 is 0 Å². The van der Waals surface area contributed by atoms with Crippen molar-refractivity contribution in [1.82, 2.24) is 0 Å². The molecule has 0 amide bonds. The second kappa shape index (κ2) is 2.10. The summed E-state index contributed by atoms with van der Waals surface area (Å²) < 4.78 is 0. The molecule has 0 saturated carbocycles. The van der Waals surface area contributed by atoms with Crippen molar-refractivity contribution in [3.63, 3.8) is 0 Å². The second-order valence-corrected chi connectivity index (χ2v) is 3.13. The lowest BCUT2D eigenvalue weighted by molar-refractivity contribution is 0.474. The predicted molar refractivity (Wildman–Crippen MR) is 52.6 cm³/mol. The Bertz CT molecular complexity index is 481. The summed E-state index contributed by atoms with van der Waals surface area (Å²) in [6, 6.07) is 5.55. The molecule has 2 nitrogen and oxygen atoms in total. The minimum Gasteiger partial charge on any atom is -0.507 e. The zero-order valence-electron chi connectivity index (χ0n) is 6.86. The van der Waals surface area contributed by atoms with Gasteiger partial charge in [-0.3, -0.25) is 4.99 Å². The van der Waals surface area contributed by atoms with Gasteiger partial charge in [0.1, 0.15) is 5.75 Å². The maximum absolute atomic E-state index is 9.56. The third kappa shape index (κ3) is 0.746. The Balaban J connectivity index is 2.34. The number of aliphatic imine (C=N–C) groups is 1. The fourth-order valence-corrected chi connectivity index (χ4v) is 1.77. The average Bonchev–Trinajstić information content (AvgIpc) is 2.65. The molecule has 1 N–H and O–H groups in total. The van der Waals surface area contributed by atoms with Gasteiger partial charge in [-0.15, -0.1) is 0 Å². The molecule has 62 valence electrons. The SMILES string of the molecule is Oc1cccc2c1C=C1N=CC=C12. The second-order valence-electron chi connectivity index (χ2n) is 3.13. The van der Waals surface area contributed by atoms with Gasteiger partial charge in [-0.05, 0) is 23.8 Å². The van der Waals surface area contributed by atoms with E-state index in [1.54, 1.807) is 12.3 Å². The lowest BCUT2D eigenvalue weighted by Crippen LogP contribution is -1.80. The molecule has 2 heteroatoms. The molecule has 0 atom stereocenters. The highest BCUT2D eigenvalue weighted by atomic mass is 16.3. The minimum absolute atomic E-state index is 0.329. The summed E-state index contributed by atoms with van der Waals surface area (Å²) in [6.45, 7) is 0. The maximum Gasteiger partial charge on any atom is 0.123 e. The van der Waals surface area contributed by atoms with Crippen LogP contribution in [0.4, 0.5) is 0 Å². The van der Waals surface area contributed by atoms with E-state index in [1.165, 1.54) is 0 Å². The molecule has 1 aromatic rings. The van der Waals surface area contributed by atoms with Gasteiger partial charge in [0.15, 0.2) is 0 Å². The molecule has 1 heterocycles. The third-order valence-corrected chi connectivity index (χ3v) is 2.39. The van der Waals surface area contributed by atoms with Gasteiger partial charge < -0.3 is 5.11 Å². The lowest BCUT2D eigenvalue weighted by atomic mass is 10.1. The van der Waals surface area contributed by atoms with Crippen LogP contribution in [0.15, 0.2) is 35.0 Å². The summed E-state index contributed by atoms with van der Waals surface area (Å²) in [5.74, 6) is 0.329. The van der Waals surface area contributed by atoms with Gasteiger partial charge in [0, 0.05) is 17.4 Å². The van der Waals surface area contributed by atoms with Crippen molar-refractivity contribution in [2.24, 2.45) is 4.99 Å². The monoisotopic (exact) mass is 169 g/mol. The summed E-state index contributed by atoms with van der Waals surface area (Å²) in [4.78, 5) is 4.19. The Labute approximate surface area is 75.6 Å². The third-order valence-electron chi connectivity index (χ3n) is 2.39. The van der Waals surface area contributed by atoms with Crippen molar-refractivity contribution in [1.29, 1.82) is 0 Å². The summed E-state index contributed by atoms with van der Waals surface area (Å²) >= 11 is 0. The quantitative estimate of drug-likeness (QED) is 0.634. The van der Waals surface area contributed by atoms with E-state index in [0.29, 0.717) is 5.75 Å². The summed E-state index contributed by atoms with van der Waals surface area (Å²) in [6.07, 6.45) is 5.67. The van der Waals surface area contributed by atoms with Gasteiger partial charge >= 0.3 is 0 Å². The van der Waals surface area contributed by atoms with Crippen molar-refractivity contribution in [2.75, 3.05) is 0 Å². The molecule has 0 saturated heterocycles. The molecule has 0 bridgehead atoms. The number of aromatic hydroxyl groups is 1. The number of hydrogen-bond acceptors (Lipinski definition) is 2. The van der Waals surface area contributed by atoms with E-state index in [1.807, 2.05) is 24.3 Å². The van der Waals surface area contributed by atoms with Crippen LogP contribution in [-0.4, -0.2) is 11.3 Å². The Kier molecular flexibility index (Phi) is 1.08. The molecule has 0 unspecified atom stereocenters. The van der Waals surface area contributed by atoms with Crippen molar-refractivity contribution < 1.29 is 5.11 Å². The highest BCUT2D eigenvalue weighted by Crippen LogP contribution is 2.41. The van der Waals surface area contributed by atoms with Crippen molar-refractivity contribution in [3.05, 3.63) is 41.1 Å². The van der Waals surface area contributed by atoms with Crippen LogP contribution in [-0.2, 0) is 0 Å². The highest BCUT2D eigenvalue weighted by Gasteiger charge is 2.21. The molecule has 0 fully saturated rings. The van der Waals surface area contributed by atoms with Crippen LogP contribution in [0.5, 0.6) is 5.75 Å². The first kappa shape index (κ1) is 6.66. The van der Waals surface area contributed by atoms with Crippen LogP contribution < -0.4 is 0 Å². The Hall–Kier alpha value is -1.83. The fraction of sp³-hybridized carbons (Fsp3) is 0. The molecule has 0 aromatic heterocycles. The first-order valence-corrected chi connectivity index (χ1v) is 4.15. The molecule has 1 aromatic carbocycles. The molecule has 0 radical (unpaired) electrons. The number of phenolic OH excluding ortho intramolecular Hbond substituents is 1. The first-order chi connectivity index (χ1) is 6.36. The lowest BCUT2D eigenvalue weighted by Gasteiger charge is -2.00. The summed E-state index contributed by atoms with van der Waals surface area (Å²) in [5, 5.41) is 9.56. The summed E-state index contributed by atoms with van der Waals surface area (Å²) in [5.41, 5.74) is 4.04. The number of rotatable bonds is 0. The fourth-order valence-electron chi connectivity index (χ4n) is 1.77. The number of hydrogen-bond donors (Lipinski definition) is 1. The van der Waals surface area contributed by atoms with Gasteiger partial charge in [-0.2, -0.15) is 0 Å². The zero-order valence-corrected chi connectivity index (χ0v) is 6.86. The maximum atomic E-state index is 9.56. The van der Waals surface area contributed by atoms with E-state index in [-0.39, 0.29) is 0 Å². The Morgan fingerprint density at radius 3 is 3.08 bits per heavy atom. The van der Waals surface area contributed by atoms with Gasteiger partial charge in [-0.1, -0.05) is 12.1 Å². The topological polar surface area (TPSA) is 32.6 Å². The van der Waals surface area contributed by atoms with Crippen molar-refractivity contribution >= 4 is 17.9 Å². The van der Waals surface area contributed by atoms with Crippen LogP contribution in [0.1, 0.15) is 11.1 Å². The predicted octanol–water partition coefficient (Wildman–Crippen LogP) is 2.21. The largest absolute Gasteiger partial charge is 0.507 e. The van der Waals surface area contributed by atoms with E-state index in [2.05, 4.69) is 4.99 Å². The number of nitrogens with zero attached hydrogens (tertiary/aromatic N) is 1. The molecular weight excluding hydrogens is 162 g/mol. The van der Waals surface area contributed by atoms with Crippen LogP contribution in [0.25, 0.3) is 11.6 Å². The van der Waals surface area contributed by atoms with Crippen LogP contribution in [0.2, 0.25) is 0 Å². The highest BCUT2D eigenvalue weighted by molar-refractivity contribution is 6.05. The van der Waals surface area contributed by atoms with E-state index in [4.69, 9.17) is 0 Å². The molecule has 1 aliphatic heterocycles. The van der Waals surface area contributed by atoms with Gasteiger partial charge in [0.2, 0.25) is 0 Å². The molecule has 0 spiro atoms. The Morgan fingerprint density at radius 2 is 2.15 bits per heavy atom. The summed E-state index contributed by atoms with van der Waals surface area (Å²) in [7, 11) is 0. The molecule has 1 aliphatic carbocycles. The number of phenols is 1. The molecule has 2 aliphatic rings. The van der Waals surface area contributed by atoms with Gasteiger partial charge in [0.05, 0.1) is 5.70 Å². The standard InChI is InChI=1S/C11H7NO/c13-11-3-1-2-7-8-4-5-12-10(8)6-9(7)11/h1-6,13H. The van der Waals surface area contributed by atoms with E-state index in [0.717, 1.165) is 22.4 Å². The van der Waals surface area contributed by atoms with E-state index >= 15 is 0 Å². The smallest absolute Gasteiger partial charge is 0.123 e. The molecular formula is C11H7NO. The zero-order chi connectivity index (χ0) is 8.84.